The van der Waals surface area contributed by atoms with Crippen molar-refractivity contribution in [3.63, 3.8) is 0 Å². The number of carboxylic acids is 1. The fourth-order valence-electron chi connectivity index (χ4n) is 3.24. The number of carboxylic acid groups (broad SMARTS) is 1. The molecule has 3 heteroatoms. The number of methoxy groups -OCH3 is 1. The monoisotopic (exact) mass is 294 g/mol. The molecular weight excluding hydrogens is 264 g/mol. The van der Waals surface area contributed by atoms with E-state index in [-0.39, 0.29) is 5.92 Å². The van der Waals surface area contributed by atoms with Gasteiger partial charge >= 0.3 is 5.97 Å². The van der Waals surface area contributed by atoms with Crippen molar-refractivity contribution in [1.82, 2.24) is 0 Å². The summed E-state index contributed by atoms with van der Waals surface area (Å²) >= 11 is 0. The van der Waals surface area contributed by atoms with Gasteiger partial charge < -0.3 is 9.84 Å². The van der Waals surface area contributed by atoms with Gasteiger partial charge in [0.05, 0.1) is 5.41 Å². The lowest BCUT2D eigenvalue weighted by atomic mass is 9.64. The predicted octanol–water partition coefficient (Wildman–Crippen LogP) is 4.44. The average molecular weight is 294 g/mol. The average Bonchev–Trinajstić information content (AvgIpc) is 2.44. The van der Waals surface area contributed by atoms with Crippen LogP contribution >= 0.6 is 0 Å². The Hall–Kier alpha value is -1.09. The number of carbonyl (C=O) groups is 1. The summed E-state index contributed by atoms with van der Waals surface area (Å²) in [5, 5.41) is 9.94. The van der Waals surface area contributed by atoms with Crippen LogP contribution in [0.4, 0.5) is 0 Å². The molecule has 0 radical (unpaired) electrons. The van der Waals surface area contributed by atoms with E-state index in [1.807, 2.05) is 12.2 Å². The molecule has 0 bridgehead atoms. The first-order valence-corrected chi connectivity index (χ1v) is 8.08. The SMILES string of the molecule is CCCC1=CC=CC(CCC(C)C)(C(=O)O)C1CCOC. The Morgan fingerprint density at radius 1 is 1.48 bits per heavy atom. The first kappa shape index (κ1) is 18.0. The van der Waals surface area contributed by atoms with Gasteiger partial charge in [-0.3, -0.25) is 4.79 Å². The third-order valence-corrected chi connectivity index (χ3v) is 4.46. The molecule has 0 aromatic heterocycles. The predicted molar refractivity (Wildman–Crippen MR) is 86.3 cm³/mol. The van der Waals surface area contributed by atoms with Gasteiger partial charge in [-0.1, -0.05) is 51.0 Å². The molecule has 0 spiro atoms. The molecule has 0 heterocycles. The molecule has 1 N–H and O–H groups in total. The van der Waals surface area contributed by atoms with Crippen LogP contribution in [0.5, 0.6) is 0 Å². The van der Waals surface area contributed by atoms with Crippen LogP contribution in [0, 0.1) is 17.3 Å². The fourth-order valence-corrected chi connectivity index (χ4v) is 3.24. The van der Waals surface area contributed by atoms with E-state index in [1.54, 1.807) is 7.11 Å². The summed E-state index contributed by atoms with van der Waals surface area (Å²) in [6, 6.07) is 0. The largest absolute Gasteiger partial charge is 0.481 e. The lowest BCUT2D eigenvalue weighted by molar-refractivity contribution is -0.149. The molecule has 0 fully saturated rings. The number of hydrogen-bond acceptors (Lipinski definition) is 2. The van der Waals surface area contributed by atoms with Gasteiger partial charge in [0.1, 0.15) is 0 Å². The molecule has 1 rings (SSSR count). The number of rotatable bonds is 9. The van der Waals surface area contributed by atoms with Crippen molar-refractivity contribution in [1.29, 1.82) is 0 Å². The number of allylic oxidation sites excluding steroid dienone is 3. The molecule has 3 nitrogen and oxygen atoms in total. The summed E-state index contributed by atoms with van der Waals surface area (Å²) in [5.41, 5.74) is 0.505. The molecule has 21 heavy (non-hydrogen) atoms. The van der Waals surface area contributed by atoms with Crippen LogP contribution in [0.25, 0.3) is 0 Å². The number of ether oxygens (including phenoxy) is 1. The van der Waals surface area contributed by atoms with E-state index in [4.69, 9.17) is 4.74 Å². The Bertz CT molecular complexity index is 395. The van der Waals surface area contributed by atoms with Gasteiger partial charge in [-0.25, -0.2) is 0 Å². The van der Waals surface area contributed by atoms with Gasteiger partial charge in [0, 0.05) is 19.6 Å². The molecule has 2 atom stereocenters. The zero-order valence-electron chi connectivity index (χ0n) is 13.9. The van der Waals surface area contributed by atoms with E-state index >= 15 is 0 Å². The minimum atomic E-state index is -0.762. The summed E-state index contributed by atoms with van der Waals surface area (Å²) in [6.45, 7) is 7.05. The van der Waals surface area contributed by atoms with Gasteiger partial charge in [0.2, 0.25) is 0 Å². The van der Waals surface area contributed by atoms with E-state index in [0.29, 0.717) is 18.9 Å². The van der Waals surface area contributed by atoms with Crippen LogP contribution in [-0.2, 0) is 9.53 Å². The summed E-state index contributed by atoms with van der Waals surface area (Å²) in [4.78, 5) is 12.1. The van der Waals surface area contributed by atoms with Crippen LogP contribution in [0.2, 0.25) is 0 Å². The number of hydrogen-bond donors (Lipinski definition) is 1. The molecular formula is C18H30O3. The molecule has 120 valence electrons. The van der Waals surface area contributed by atoms with Gasteiger partial charge in [0.15, 0.2) is 0 Å². The lowest BCUT2D eigenvalue weighted by Gasteiger charge is -2.39. The minimum Gasteiger partial charge on any atom is -0.481 e. The topological polar surface area (TPSA) is 46.5 Å². The van der Waals surface area contributed by atoms with Crippen molar-refractivity contribution < 1.29 is 14.6 Å². The molecule has 0 saturated heterocycles. The molecule has 0 aromatic carbocycles. The second-order valence-corrected chi connectivity index (χ2v) is 6.46. The molecule has 0 amide bonds. The standard InChI is InChI=1S/C18H30O3/c1-5-7-15-8-6-11-18(17(19)20,12-9-14(2)3)16(15)10-13-21-4/h6,8,11,14,16H,5,7,9-10,12-13H2,1-4H3,(H,19,20). The highest BCUT2D eigenvalue weighted by Gasteiger charge is 2.45. The van der Waals surface area contributed by atoms with Crippen LogP contribution in [0.1, 0.15) is 52.9 Å². The van der Waals surface area contributed by atoms with Crippen molar-refractivity contribution >= 4 is 5.97 Å². The first-order valence-electron chi connectivity index (χ1n) is 8.08. The second kappa shape index (κ2) is 8.38. The zero-order chi connectivity index (χ0) is 15.9. The maximum atomic E-state index is 12.1. The van der Waals surface area contributed by atoms with Gasteiger partial charge in [-0.15, -0.1) is 0 Å². The summed E-state index contributed by atoms with van der Waals surface area (Å²) in [5.74, 6) is -0.126. The minimum absolute atomic E-state index is 0.0543. The summed E-state index contributed by atoms with van der Waals surface area (Å²) in [6.07, 6.45) is 10.4. The van der Waals surface area contributed by atoms with Crippen molar-refractivity contribution in [2.75, 3.05) is 13.7 Å². The Balaban J connectivity index is 3.08. The molecule has 1 aliphatic rings. The van der Waals surface area contributed by atoms with Crippen molar-refractivity contribution in [3.05, 3.63) is 23.8 Å². The third kappa shape index (κ3) is 4.44. The Kier molecular flexibility index (Phi) is 7.16. The van der Waals surface area contributed by atoms with Gasteiger partial charge in [0.25, 0.3) is 0 Å². The Morgan fingerprint density at radius 3 is 2.71 bits per heavy atom. The summed E-state index contributed by atoms with van der Waals surface area (Å²) in [7, 11) is 1.68. The van der Waals surface area contributed by atoms with Crippen molar-refractivity contribution in [3.8, 4) is 0 Å². The van der Waals surface area contributed by atoms with E-state index in [1.165, 1.54) is 5.57 Å². The highest BCUT2D eigenvalue weighted by atomic mass is 16.5. The molecule has 0 aromatic rings. The zero-order valence-corrected chi connectivity index (χ0v) is 13.9. The summed E-state index contributed by atoms with van der Waals surface area (Å²) < 4.78 is 5.23. The van der Waals surface area contributed by atoms with E-state index < -0.39 is 11.4 Å². The van der Waals surface area contributed by atoms with E-state index in [0.717, 1.165) is 25.7 Å². The Morgan fingerprint density at radius 2 is 2.19 bits per heavy atom. The number of aliphatic carboxylic acids is 1. The second-order valence-electron chi connectivity index (χ2n) is 6.46. The lowest BCUT2D eigenvalue weighted by Crippen LogP contribution is -2.40. The van der Waals surface area contributed by atoms with Crippen LogP contribution in [-0.4, -0.2) is 24.8 Å². The highest BCUT2D eigenvalue weighted by molar-refractivity contribution is 5.79. The van der Waals surface area contributed by atoms with Gasteiger partial charge in [-0.2, -0.15) is 0 Å². The van der Waals surface area contributed by atoms with E-state index in [9.17, 15) is 9.90 Å². The van der Waals surface area contributed by atoms with Crippen molar-refractivity contribution in [2.24, 2.45) is 17.3 Å². The molecule has 0 saturated carbocycles. The normalized spacial score (nSPS) is 25.2. The molecule has 1 aliphatic carbocycles. The molecule has 0 aliphatic heterocycles. The third-order valence-electron chi connectivity index (χ3n) is 4.46. The van der Waals surface area contributed by atoms with Crippen LogP contribution in [0.3, 0.4) is 0 Å². The van der Waals surface area contributed by atoms with Crippen LogP contribution < -0.4 is 0 Å². The molecule has 2 unspecified atom stereocenters. The smallest absolute Gasteiger partial charge is 0.314 e. The Labute approximate surface area is 129 Å². The van der Waals surface area contributed by atoms with Crippen molar-refractivity contribution in [2.45, 2.75) is 52.9 Å². The van der Waals surface area contributed by atoms with Crippen LogP contribution in [0.15, 0.2) is 23.8 Å². The maximum Gasteiger partial charge on any atom is 0.314 e. The van der Waals surface area contributed by atoms with E-state index in [2.05, 4.69) is 26.8 Å². The highest BCUT2D eigenvalue weighted by Crippen LogP contribution is 2.45. The maximum absolute atomic E-state index is 12.1. The van der Waals surface area contributed by atoms with Gasteiger partial charge in [-0.05, 0) is 31.6 Å². The fraction of sp³-hybridized carbons (Fsp3) is 0.722. The first-order chi connectivity index (χ1) is 9.97. The quantitative estimate of drug-likeness (QED) is 0.683.